The number of carboxylic acid groups (broad SMARTS) is 1. The van der Waals surface area contributed by atoms with Gasteiger partial charge in [0.15, 0.2) is 9.84 Å². The van der Waals surface area contributed by atoms with Gasteiger partial charge >= 0.3 is 5.97 Å². The number of sulfone groups is 1. The number of carbonyl (C=O) groups excluding carboxylic acids is 1. The second-order valence-corrected chi connectivity index (χ2v) is 8.35. The normalized spacial score (nSPS) is 18.4. The lowest BCUT2D eigenvalue weighted by molar-refractivity contribution is -0.137. The molecule has 132 valence electrons. The minimum atomic E-state index is -3.39. The van der Waals surface area contributed by atoms with Crippen LogP contribution in [-0.4, -0.2) is 49.1 Å². The number of nitrogens with zero attached hydrogens (tertiary/aromatic N) is 1. The molecule has 2 rings (SSSR count). The summed E-state index contributed by atoms with van der Waals surface area (Å²) in [7, 11) is -3.39. The third kappa shape index (κ3) is 4.35. The van der Waals surface area contributed by atoms with Gasteiger partial charge in [-0.05, 0) is 50.3 Å². The zero-order valence-corrected chi connectivity index (χ0v) is 14.8. The van der Waals surface area contributed by atoms with E-state index in [4.69, 9.17) is 5.11 Å². The highest BCUT2D eigenvalue weighted by Crippen LogP contribution is 2.25. The molecule has 1 atom stereocenters. The number of carboxylic acids is 1. The number of aliphatic carboxylic acids is 1. The van der Waals surface area contributed by atoms with E-state index in [9.17, 15) is 18.0 Å². The predicted octanol–water partition coefficient (Wildman–Crippen LogP) is 2.26. The molecule has 7 heteroatoms. The molecular formula is C17H23NO5S. The van der Waals surface area contributed by atoms with Crippen molar-refractivity contribution in [3.05, 3.63) is 29.3 Å². The molecule has 0 radical (unpaired) electrons. The van der Waals surface area contributed by atoms with Gasteiger partial charge in [-0.2, -0.15) is 0 Å². The fraction of sp³-hybridized carbons (Fsp3) is 0.529. The van der Waals surface area contributed by atoms with Crippen LogP contribution in [0, 0.1) is 6.92 Å². The first kappa shape index (κ1) is 18.4. The molecule has 1 aromatic rings. The molecule has 0 aromatic heterocycles. The molecule has 1 saturated heterocycles. The molecule has 0 aliphatic carbocycles. The summed E-state index contributed by atoms with van der Waals surface area (Å²) in [6, 6.07) is 4.46. The van der Waals surface area contributed by atoms with Gasteiger partial charge in [0.25, 0.3) is 5.91 Å². The Balaban J connectivity index is 2.30. The number of piperidine rings is 1. The van der Waals surface area contributed by atoms with E-state index in [2.05, 4.69) is 0 Å². The van der Waals surface area contributed by atoms with Crippen molar-refractivity contribution in [1.82, 2.24) is 4.90 Å². The van der Waals surface area contributed by atoms with Gasteiger partial charge in [-0.3, -0.25) is 9.59 Å². The Kier molecular flexibility index (Phi) is 5.64. The van der Waals surface area contributed by atoms with Crippen LogP contribution in [0.3, 0.4) is 0 Å². The Morgan fingerprint density at radius 1 is 1.29 bits per heavy atom. The number of rotatable bonds is 5. The topological polar surface area (TPSA) is 91.8 Å². The number of amides is 1. The molecule has 1 aliphatic rings. The quantitative estimate of drug-likeness (QED) is 0.876. The van der Waals surface area contributed by atoms with Crippen LogP contribution in [0.1, 0.15) is 48.0 Å². The van der Waals surface area contributed by atoms with Crippen molar-refractivity contribution in [2.24, 2.45) is 0 Å². The summed E-state index contributed by atoms with van der Waals surface area (Å²) in [6.45, 7) is 2.35. The Bertz CT molecular complexity index is 741. The Morgan fingerprint density at radius 2 is 2.00 bits per heavy atom. The van der Waals surface area contributed by atoms with E-state index in [1.165, 1.54) is 12.1 Å². The van der Waals surface area contributed by atoms with Crippen LogP contribution in [0.4, 0.5) is 0 Å². The molecule has 0 bridgehead atoms. The average Bonchev–Trinajstić information content (AvgIpc) is 2.52. The molecule has 1 aromatic carbocycles. The van der Waals surface area contributed by atoms with E-state index >= 15 is 0 Å². The maximum absolute atomic E-state index is 12.9. The van der Waals surface area contributed by atoms with Crippen molar-refractivity contribution >= 4 is 21.7 Å². The number of likely N-dealkylation sites (tertiary alicyclic amines) is 1. The molecule has 24 heavy (non-hydrogen) atoms. The molecule has 0 spiro atoms. The summed E-state index contributed by atoms with van der Waals surface area (Å²) >= 11 is 0. The minimum absolute atomic E-state index is 0.0246. The first-order chi connectivity index (χ1) is 11.2. The number of carbonyl (C=O) groups is 2. The monoisotopic (exact) mass is 353 g/mol. The molecule has 1 unspecified atom stereocenters. The molecule has 1 aliphatic heterocycles. The summed E-state index contributed by atoms with van der Waals surface area (Å²) < 4.78 is 23.5. The van der Waals surface area contributed by atoms with E-state index < -0.39 is 15.8 Å². The zero-order chi connectivity index (χ0) is 17.9. The van der Waals surface area contributed by atoms with Crippen LogP contribution >= 0.6 is 0 Å². The zero-order valence-electron chi connectivity index (χ0n) is 14.0. The van der Waals surface area contributed by atoms with Gasteiger partial charge in [0.2, 0.25) is 0 Å². The fourth-order valence-electron chi connectivity index (χ4n) is 3.08. The lowest BCUT2D eigenvalue weighted by atomic mass is 9.96. The molecule has 1 N–H and O–H groups in total. The highest BCUT2D eigenvalue weighted by Gasteiger charge is 2.29. The smallest absolute Gasteiger partial charge is 0.303 e. The van der Waals surface area contributed by atoms with Gasteiger partial charge < -0.3 is 10.0 Å². The Morgan fingerprint density at radius 3 is 2.62 bits per heavy atom. The van der Waals surface area contributed by atoms with E-state index in [-0.39, 0.29) is 23.3 Å². The Hall–Kier alpha value is -1.89. The average molecular weight is 353 g/mol. The maximum Gasteiger partial charge on any atom is 0.303 e. The number of benzene rings is 1. The van der Waals surface area contributed by atoms with Gasteiger partial charge in [-0.1, -0.05) is 6.07 Å². The highest BCUT2D eigenvalue weighted by molar-refractivity contribution is 7.90. The Labute approximate surface area is 142 Å². The van der Waals surface area contributed by atoms with E-state index in [0.29, 0.717) is 18.5 Å². The van der Waals surface area contributed by atoms with Crippen molar-refractivity contribution < 1.29 is 23.1 Å². The van der Waals surface area contributed by atoms with Gasteiger partial charge in [-0.25, -0.2) is 8.42 Å². The molecule has 1 heterocycles. The fourth-order valence-corrected chi connectivity index (χ4v) is 3.72. The summed E-state index contributed by atoms with van der Waals surface area (Å²) in [4.78, 5) is 25.6. The minimum Gasteiger partial charge on any atom is -0.481 e. The van der Waals surface area contributed by atoms with Crippen molar-refractivity contribution in [3.63, 3.8) is 0 Å². The van der Waals surface area contributed by atoms with Gasteiger partial charge in [0, 0.05) is 30.8 Å². The number of aryl methyl sites for hydroxylation is 1. The van der Waals surface area contributed by atoms with E-state index in [1.54, 1.807) is 17.9 Å². The van der Waals surface area contributed by atoms with Crippen LogP contribution in [-0.2, 0) is 14.6 Å². The largest absolute Gasteiger partial charge is 0.481 e. The molecule has 1 amide bonds. The number of hydrogen-bond acceptors (Lipinski definition) is 4. The lowest BCUT2D eigenvalue weighted by Crippen LogP contribution is -2.44. The van der Waals surface area contributed by atoms with Gasteiger partial charge in [0.1, 0.15) is 0 Å². The first-order valence-corrected chi connectivity index (χ1v) is 9.93. The standard InChI is InChI=1S/C17H23NO5S/c1-12-6-8-14(24(2,22)23)11-15(12)17(21)18-10-4-3-5-13(18)7-9-16(19)20/h6,8,11,13H,3-5,7,9-10H2,1-2H3,(H,19,20). The van der Waals surface area contributed by atoms with Crippen LogP contribution in [0.25, 0.3) is 0 Å². The van der Waals surface area contributed by atoms with Crippen LogP contribution in [0.5, 0.6) is 0 Å². The lowest BCUT2D eigenvalue weighted by Gasteiger charge is -2.36. The summed E-state index contributed by atoms with van der Waals surface area (Å²) in [5, 5.41) is 8.89. The molecule has 1 fully saturated rings. The van der Waals surface area contributed by atoms with Crippen LogP contribution in [0.15, 0.2) is 23.1 Å². The van der Waals surface area contributed by atoms with Crippen molar-refractivity contribution in [1.29, 1.82) is 0 Å². The predicted molar refractivity (Wildman–Crippen MR) is 89.8 cm³/mol. The number of hydrogen-bond donors (Lipinski definition) is 1. The molecular weight excluding hydrogens is 330 g/mol. The molecule has 6 nitrogen and oxygen atoms in total. The summed E-state index contributed by atoms with van der Waals surface area (Å²) in [5.74, 6) is -1.09. The summed E-state index contributed by atoms with van der Waals surface area (Å²) in [6.07, 6.45) is 4.19. The van der Waals surface area contributed by atoms with Crippen molar-refractivity contribution in [2.75, 3.05) is 12.8 Å². The van der Waals surface area contributed by atoms with Gasteiger partial charge in [-0.15, -0.1) is 0 Å². The maximum atomic E-state index is 12.9. The second-order valence-electron chi connectivity index (χ2n) is 6.33. The first-order valence-electron chi connectivity index (χ1n) is 8.03. The second kappa shape index (κ2) is 7.34. The SMILES string of the molecule is Cc1ccc(S(C)(=O)=O)cc1C(=O)N1CCCCC1CCC(=O)O. The third-order valence-corrected chi connectivity index (χ3v) is 5.56. The van der Waals surface area contributed by atoms with Gasteiger partial charge in [0.05, 0.1) is 4.90 Å². The van der Waals surface area contributed by atoms with Crippen molar-refractivity contribution in [2.45, 2.75) is 50.0 Å². The van der Waals surface area contributed by atoms with Crippen molar-refractivity contribution in [3.8, 4) is 0 Å². The summed E-state index contributed by atoms with van der Waals surface area (Å²) in [5.41, 5.74) is 1.09. The van der Waals surface area contributed by atoms with Crippen LogP contribution < -0.4 is 0 Å². The van der Waals surface area contributed by atoms with E-state index in [0.717, 1.165) is 31.1 Å². The van der Waals surface area contributed by atoms with Crippen LogP contribution in [0.2, 0.25) is 0 Å². The van der Waals surface area contributed by atoms with E-state index in [1.807, 2.05) is 0 Å². The third-order valence-electron chi connectivity index (χ3n) is 4.45. The highest BCUT2D eigenvalue weighted by atomic mass is 32.2. The molecule has 0 saturated carbocycles.